The Kier molecular flexibility index (Phi) is 4.16. The first kappa shape index (κ1) is 14.7. The van der Waals surface area contributed by atoms with Crippen molar-refractivity contribution in [3.63, 3.8) is 0 Å². The SMILES string of the molecule is Cn1nnnc1SCc1csc(-c2ccc(C(N)=O)cc2)n1. The molecule has 0 saturated carbocycles. The Labute approximate surface area is 134 Å². The molecule has 1 aromatic carbocycles. The third-order valence-electron chi connectivity index (χ3n) is 2.90. The highest BCUT2D eigenvalue weighted by atomic mass is 32.2. The summed E-state index contributed by atoms with van der Waals surface area (Å²) in [5, 5.41) is 15.0. The van der Waals surface area contributed by atoms with Crippen LogP contribution in [0.2, 0.25) is 0 Å². The molecule has 22 heavy (non-hydrogen) atoms. The molecule has 0 aliphatic carbocycles. The molecule has 9 heteroatoms. The molecular formula is C13H12N6OS2. The first-order chi connectivity index (χ1) is 10.6. The van der Waals surface area contributed by atoms with Gasteiger partial charge in [0.2, 0.25) is 11.1 Å². The Morgan fingerprint density at radius 2 is 2.14 bits per heavy atom. The fraction of sp³-hybridized carbons (Fsp3) is 0.154. The number of benzene rings is 1. The average molecular weight is 332 g/mol. The molecule has 0 atom stereocenters. The number of thiazole rings is 1. The first-order valence-corrected chi connectivity index (χ1v) is 8.20. The molecule has 0 saturated heterocycles. The Balaban J connectivity index is 1.70. The molecule has 1 amide bonds. The second-order valence-electron chi connectivity index (χ2n) is 4.46. The lowest BCUT2D eigenvalue weighted by molar-refractivity contribution is 0.100. The molecule has 2 heterocycles. The normalized spacial score (nSPS) is 10.8. The van der Waals surface area contributed by atoms with Gasteiger partial charge in [0.1, 0.15) is 5.01 Å². The van der Waals surface area contributed by atoms with Crippen molar-refractivity contribution in [1.82, 2.24) is 25.2 Å². The summed E-state index contributed by atoms with van der Waals surface area (Å²) in [5.74, 6) is 0.268. The van der Waals surface area contributed by atoms with Crippen molar-refractivity contribution in [2.45, 2.75) is 10.9 Å². The summed E-state index contributed by atoms with van der Waals surface area (Å²) < 4.78 is 1.63. The van der Waals surface area contributed by atoms with E-state index in [1.807, 2.05) is 17.5 Å². The summed E-state index contributed by atoms with van der Waals surface area (Å²) in [5.41, 5.74) is 7.65. The van der Waals surface area contributed by atoms with Crippen molar-refractivity contribution in [1.29, 1.82) is 0 Å². The van der Waals surface area contributed by atoms with Gasteiger partial charge < -0.3 is 5.73 Å². The van der Waals surface area contributed by atoms with Gasteiger partial charge in [-0.1, -0.05) is 23.9 Å². The molecule has 0 aliphatic rings. The highest BCUT2D eigenvalue weighted by molar-refractivity contribution is 7.98. The summed E-state index contributed by atoms with van der Waals surface area (Å²) in [4.78, 5) is 15.7. The van der Waals surface area contributed by atoms with Crippen LogP contribution < -0.4 is 5.73 Å². The van der Waals surface area contributed by atoms with E-state index in [9.17, 15) is 4.79 Å². The number of aryl methyl sites for hydroxylation is 1. The van der Waals surface area contributed by atoms with Gasteiger partial charge in [-0.15, -0.1) is 16.4 Å². The lowest BCUT2D eigenvalue weighted by Gasteiger charge is -1.98. The molecule has 3 aromatic rings. The van der Waals surface area contributed by atoms with Crippen molar-refractivity contribution in [3.8, 4) is 10.6 Å². The van der Waals surface area contributed by atoms with E-state index < -0.39 is 5.91 Å². The minimum absolute atomic E-state index is 0.430. The predicted molar refractivity (Wildman–Crippen MR) is 84.4 cm³/mol. The Morgan fingerprint density at radius 1 is 1.36 bits per heavy atom. The van der Waals surface area contributed by atoms with E-state index >= 15 is 0 Å². The maximum Gasteiger partial charge on any atom is 0.248 e. The van der Waals surface area contributed by atoms with Crippen LogP contribution in [-0.4, -0.2) is 31.1 Å². The summed E-state index contributed by atoms with van der Waals surface area (Å²) in [6.07, 6.45) is 0. The van der Waals surface area contributed by atoms with E-state index in [0.29, 0.717) is 11.3 Å². The van der Waals surface area contributed by atoms with Gasteiger partial charge in [-0.2, -0.15) is 0 Å². The van der Waals surface area contributed by atoms with Gasteiger partial charge in [-0.05, 0) is 22.6 Å². The second-order valence-corrected chi connectivity index (χ2v) is 6.26. The van der Waals surface area contributed by atoms with Gasteiger partial charge >= 0.3 is 0 Å². The summed E-state index contributed by atoms with van der Waals surface area (Å²) in [6.45, 7) is 0. The summed E-state index contributed by atoms with van der Waals surface area (Å²) >= 11 is 3.09. The highest BCUT2D eigenvalue weighted by Crippen LogP contribution is 2.27. The number of carbonyl (C=O) groups is 1. The molecule has 0 bridgehead atoms. The molecule has 0 spiro atoms. The fourth-order valence-corrected chi connectivity index (χ4v) is 3.44. The number of aromatic nitrogens is 5. The van der Waals surface area contributed by atoms with Gasteiger partial charge in [-0.3, -0.25) is 4.79 Å². The summed E-state index contributed by atoms with van der Waals surface area (Å²) in [6, 6.07) is 7.11. The standard InChI is InChI=1S/C13H12N6OS2/c1-19-13(16-17-18-19)22-7-10-6-21-12(15-10)9-4-2-8(3-5-9)11(14)20/h2-6H,7H2,1H3,(H2,14,20). The molecular weight excluding hydrogens is 320 g/mol. The first-order valence-electron chi connectivity index (χ1n) is 6.33. The molecule has 0 fully saturated rings. The predicted octanol–water partition coefficient (Wildman–Crippen LogP) is 1.72. The number of primary amides is 1. The monoisotopic (exact) mass is 332 g/mol. The van der Waals surface area contributed by atoms with E-state index in [2.05, 4.69) is 20.5 Å². The van der Waals surface area contributed by atoms with Crippen LogP contribution in [-0.2, 0) is 12.8 Å². The molecule has 3 rings (SSSR count). The van der Waals surface area contributed by atoms with Crippen LogP contribution >= 0.6 is 23.1 Å². The topological polar surface area (TPSA) is 99.6 Å². The smallest absolute Gasteiger partial charge is 0.248 e. The lowest BCUT2D eigenvalue weighted by Crippen LogP contribution is -2.10. The van der Waals surface area contributed by atoms with E-state index in [1.54, 1.807) is 35.2 Å². The quantitative estimate of drug-likeness (QED) is 0.714. The number of hydrogen-bond acceptors (Lipinski definition) is 7. The van der Waals surface area contributed by atoms with Crippen LogP contribution in [0.3, 0.4) is 0 Å². The molecule has 2 aromatic heterocycles. The number of carbonyl (C=O) groups excluding carboxylic acids is 1. The molecule has 2 N–H and O–H groups in total. The van der Waals surface area contributed by atoms with E-state index in [1.165, 1.54) is 11.8 Å². The van der Waals surface area contributed by atoms with Crippen LogP contribution in [0, 0.1) is 0 Å². The van der Waals surface area contributed by atoms with Crippen LogP contribution in [0.4, 0.5) is 0 Å². The van der Waals surface area contributed by atoms with Gasteiger partial charge in [0.25, 0.3) is 0 Å². The number of hydrogen-bond donors (Lipinski definition) is 1. The number of amides is 1. The zero-order chi connectivity index (χ0) is 15.5. The van der Waals surface area contributed by atoms with E-state index in [4.69, 9.17) is 5.73 Å². The zero-order valence-corrected chi connectivity index (χ0v) is 13.3. The third kappa shape index (κ3) is 3.15. The summed E-state index contributed by atoms with van der Waals surface area (Å²) in [7, 11) is 1.80. The van der Waals surface area contributed by atoms with Crippen LogP contribution in [0.15, 0.2) is 34.8 Å². The van der Waals surface area contributed by atoms with Crippen LogP contribution in [0.25, 0.3) is 10.6 Å². The van der Waals surface area contributed by atoms with Crippen molar-refractivity contribution in [3.05, 3.63) is 40.9 Å². The van der Waals surface area contributed by atoms with E-state index in [0.717, 1.165) is 21.4 Å². The average Bonchev–Trinajstić information content (AvgIpc) is 3.14. The molecule has 0 aliphatic heterocycles. The maximum absolute atomic E-state index is 11.1. The number of tetrazole rings is 1. The minimum Gasteiger partial charge on any atom is -0.366 e. The molecule has 112 valence electrons. The molecule has 0 unspecified atom stereocenters. The number of rotatable bonds is 5. The Morgan fingerprint density at radius 3 is 2.77 bits per heavy atom. The zero-order valence-electron chi connectivity index (χ0n) is 11.6. The fourth-order valence-electron chi connectivity index (χ4n) is 1.76. The lowest BCUT2D eigenvalue weighted by atomic mass is 10.1. The largest absolute Gasteiger partial charge is 0.366 e. The van der Waals surface area contributed by atoms with Gasteiger partial charge in [0.05, 0.1) is 5.69 Å². The number of nitrogens with two attached hydrogens (primary N) is 1. The Bertz CT molecular complexity index is 795. The third-order valence-corrected chi connectivity index (χ3v) is 4.88. The second kappa shape index (κ2) is 6.24. The van der Waals surface area contributed by atoms with Crippen molar-refractivity contribution < 1.29 is 4.79 Å². The Hall–Kier alpha value is -2.26. The van der Waals surface area contributed by atoms with Gasteiger partial charge in [0, 0.05) is 29.3 Å². The highest BCUT2D eigenvalue weighted by Gasteiger charge is 2.09. The van der Waals surface area contributed by atoms with Crippen molar-refractivity contribution >= 4 is 29.0 Å². The molecule has 0 radical (unpaired) electrons. The number of thioether (sulfide) groups is 1. The van der Waals surface area contributed by atoms with Crippen molar-refractivity contribution in [2.24, 2.45) is 12.8 Å². The number of nitrogens with zero attached hydrogens (tertiary/aromatic N) is 5. The minimum atomic E-state index is -0.430. The van der Waals surface area contributed by atoms with E-state index in [-0.39, 0.29) is 0 Å². The van der Waals surface area contributed by atoms with Crippen LogP contribution in [0.1, 0.15) is 16.1 Å². The molecule has 7 nitrogen and oxygen atoms in total. The van der Waals surface area contributed by atoms with Gasteiger partial charge in [0.15, 0.2) is 0 Å². The van der Waals surface area contributed by atoms with Crippen molar-refractivity contribution in [2.75, 3.05) is 0 Å². The van der Waals surface area contributed by atoms with Crippen LogP contribution in [0.5, 0.6) is 0 Å². The van der Waals surface area contributed by atoms with Gasteiger partial charge in [-0.25, -0.2) is 9.67 Å². The maximum atomic E-state index is 11.1.